The summed E-state index contributed by atoms with van der Waals surface area (Å²) in [5, 5.41) is 2.75. The number of rotatable bonds is 5. The minimum atomic E-state index is -0.477. The molecule has 0 bridgehead atoms. The molecule has 0 aliphatic carbocycles. The second-order valence-electron chi connectivity index (χ2n) is 5.45. The summed E-state index contributed by atoms with van der Waals surface area (Å²) in [6, 6.07) is 18.7. The Kier molecular flexibility index (Phi) is 4.52. The molecular formula is C19H18N2O2. The Morgan fingerprint density at radius 1 is 0.957 bits per heavy atom. The molecule has 0 spiro atoms. The fourth-order valence-corrected chi connectivity index (χ4v) is 2.60. The monoisotopic (exact) mass is 306 g/mol. The van der Waals surface area contributed by atoms with Crippen molar-refractivity contribution in [3.05, 3.63) is 77.9 Å². The van der Waals surface area contributed by atoms with Crippen molar-refractivity contribution >= 4 is 18.0 Å². The molecule has 1 atom stereocenters. The standard InChI is InChI=1S/C19H18N2O2/c22-18-17(14-16-10-5-2-6-11-16)20-19(23)21(18)13-7-12-15-8-3-1-4-9-15/h1-12,17H,13-14H2,(H,20,23)/b12-7+. The Hall–Kier alpha value is -2.88. The van der Waals surface area contributed by atoms with Crippen molar-refractivity contribution in [2.45, 2.75) is 12.5 Å². The molecule has 1 aliphatic heterocycles. The zero-order valence-corrected chi connectivity index (χ0v) is 12.7. The number of hydrogen-bond donors (Lipinski definition) is 1. The van der Waals surface area contributed by atoms with E-state index >= 15 is 0 Å². The van der Waals surface area contributed by atoms with Crippen LogP contribution in [0.5, 0.6) is 0 Å². The largest absolute Gasteiger partial charge is 0.325 e. The van der Waals surface area contributed by atoms with Crippen molar-refractivity contribution in [1.29, 1.82) is 0 Å². The summed E-state index contributed by atoms with van der Waals surface area (Å²) in [7, 11) is 0. The van der Waals surface area contributed by atoms with E-state index in [9.17, 15) is 9.59 Å². The first-order valence-electron chi connectivity index (χ1n) is 7.61. The highest BCUT2D eigenvalue weighted by atomic mass is 16.2. The molecule has 4 nitrogen and oxygen atoms in total. The number of carbonyl (C=O) groups is 2. The molecule has 1 unspecified atom stereocenters. The van der Waals surface area contributed by atoms with Crippen LogP contribution in [0.3, 0.4) is 0 Å². The molecular weight excluding hydrogens is 288 g/mol. The molecule has 0 aromatic heterocycles. The minimum absolute atomic E-state index is 0.170. The lowest BCUT2D eigenvalue weighted by Gasteiger charge is -2.10. The van der Waals surface area contributed by atoms with Crippen LogP contribution in [0.4, 0.5) is 4.79 Å². The lowest BCUT2D eigenvalue weighted by molar-refractivity contribution is -0.127. The maximum Gasteiger partial charge on any atom is 0.325 e. The molecule has 1 N–H and O–H groups in total. The molecule has 2 aromatic rings. The predicted molar refractivity (Wildman–Crippen MR) is 89.7 cm³/mol. The first kappa shape index (κ1) is 15.0. The van der Waals surface area contributed by atoms with Crippen LogP contribution in [-0.4, -0.2) is 29.4 Å². The third-order valence-corrected chi connectivity index (χ3v) is 3.79. The van der Waals surface area contributed by atoms with Gasteiger partial charge in [-0.2, -0.15) is 0 Å². The Labute approximate surface area is 135 Å². The Bertz CT molecular complexity index is 711. The second kappa shape index (κ2) is 6.92. The number of carbonyl (C=O) groups excluding carboxylic acids is 2. The Balaban J connectivity index is 1.61. The van der Waals surface area contributed by atoms with E-state index in [4.69, 9.17) is 0 Å². The van der Waals surface area contributed by atoms with Gasteiger partial charge in [0.1, 0.15) is 6.04 Å². The molecule has 0 radical (unpaired) electrons. The van der Waals surface area contributed by atoms with Gasteiger partial charge in [-0.3, -0.25) is 9.69 Å². The van der Waals surface area contributed by atoms with Crippen molar-refractivity contribution in [2.75, 3.05) is 6.54 Å². The second-order valence-corrected chi connectivity index (χ2v) is 5.45. The third-order valence-electron chi connectivity index (χ3n) is 3.79. The van der Waals surface area contributed by atoms with E-state index in [2.05, 4.69) is 5.32 Å². The molecule has 23 heavy (non-hydrogen) atoms. The highest BCUT2D eigenvalue weighted by molar-refractivity contribution is 6.04. The van der Waals surface area contributed by atoms with Crippen molar-refractivity contribution in [1.82, 2.24) is 10.2 Å². The van der Waals surface area contributed by atoms with E-state index in [1.807, 2.05) is 72.8 Å². The zero-order chi connectivity index (χ0) is 16.1. The van der Waals surface area contributed by atoms with Gasteiger partial charge in [-0.25, -0.2) is 4.79 Å². The number of benzene rings is 2. The van der Waals surface area contributed by atoms with Crippen LogP contribution >= 0.6 is 0 Å². The van der Waals surface area contributed by atoms with Crippen LogP contribution in [0.2, 0.25) is 0 Å². The number of nitrogens with one attached hydrogen (secondary N) is 1. The number of imide groups is 1. The maximum atomic E-state index is 12.4. The van der Waals surface area contributed by atoms with E-state index in [0.717, 1.165) is 11.1 Å². The number of nitrogens with zero attached hydrogens (tertiary/aromatic N) is 1. The van der Waals surface area contributed by atoms with Crippen LogP contribution in [0.25, 0.3) is 6.08 Å². The first-order valence-corrected chi connectivity index (χ1v) is 7.61. The highest BCUT2D eigenvalue weighted by Crippen LogP contribution is 2.12. The summed E-state index contributed by atoms with van der Waals surface area (Å²) in [5.41, 5.74) is 2.08. The SMILES string of the molecule is O=C1NC(Cc2ccccc2)C(=O)N1C/C=C/c1ccccc1. The van der Waals surface area contributed by atoms with Gasteiger partial charge in [-0.05, 0) is 11.1 Å². The molecule has 2 aromatic carbocycles. The van der Waals surface area contributed by atoms with Gasteiger partial charge in [0.2, 0.25) is 0 Å². The van der Waals surface area contributed by atoms with Crippen LogP contribution in [-0.2, 0) is 11.2 Å². The molecule has 116 valence electrons. The number of urea groups is 1. The lowest BCUT2D eigenvalue weighted by atomic mass is 10.1. The van der Waals surface area contributed by atoms with Crippen molar-refractivity contribution in [3.63, 3.8) is 0 Å². The molecule has 3 amide bonds. The molecule has 3 rings (SSSR count). The summed E-state index contributed by atoms with van der Waals surface area (Å²) in [5.74, 6) is -0.170. The van der Waals surface area contributed by atoms with Crippen LogP contribution in [0.1, 0.15) is 11.1 Å². The van der Waals surface area contributed by atoms with Crippen molar-refractivity contribution in [3.8, 4) is 0 Å². The Morgan fingerprint density at radius 2 is 1.61 bits per heavy atom. The van der Waals surface area contributed by atoms with Gasteiger partial charge in [0.25, 0.3) is 5.91 Å². The third kappa shape index (κ3) is 3.66. The molecule has 4 heteroatoms. The lowest BCUT2D eigenvalue weighted by Crippen LogP contribution is -2.32. The summed E-state index contributed by atoms with van der Waals surface area (Å²) in [4.78, 5) is 25.6. The van der Waals surface area contributed by atoms with Gasteiger partial charge in [-0.15, -0.1) is 0 Å². The smallest absolute Gasteiger partial charge is 0.325 e. The molecule has 1 heterocycles. The van der Waals surface area contributed by atoms with Crippen molar-refractivity contribution in [2.24, 2.45) is 0 Å². The van der Waals surface area contributed by atoms with Gasteiger partial charge in [0.05, 0.1) is 0 Å². The average molecular weight is 306 g/mol. The first-order chi connectivity index (χ1) is 11.2. The van der Waals surface area contributed by atoms with E-state index in [1.165, 1.54) is 4.90 Å². The molecule has 0 saturated carbocycles. The summed E-state index contributed by atoms with van der Waals surface area (Å²) in [6.07, 6.45) is 4.26. The van der Waals surface area contributed by atoms with Crippen LogP contribution in [0, 0.1) is 0 Å². The van der Waals surface area contributed by atoms with Gasteiger partial charge in [-0.1, -0.05) is 72.8 Å². The summed E-state index contributed by atoms with van der Waals surface area (Å²) < 4.78 is 0. The summed E-state index contributed by atoms with van der Waals surface area (Å²) in [6.45, 7) is 0.283. The van der Waals surface area contributed by atoms with Gasteiger partial charge < -0.3 is 5.32 Å². The molecule has 1 fully saturated rings. The number of amides is 3. The topological polar surface area (TPSA) is 49.4 Å². The van der Waals surface area contributed by atoms with Gasteiger partial charge >= 0.3 is 6.03 Å². The fraction of sp³-hybridized carbons (Fsp3) is 0.158. The quantitative estimate of drug-likeness (QED) is 0.864. The maximum absolute atomic E-state index is 12.4. The predicted octanol–water partition coefficient (Wildman–Crippen LogP) is 2.86. The summed E-state index contributed by atoms with van der Waals surface area (Å²) >= 11 is 0. The normalized spacial score (nSPS) is 17.7. The van der Waals surface area contributed by atoms with Gasteiger partial charge in [0, 0.05) is 13.0 Å². The molecule has 1 aliphatic rings. The van der Waals surface area contributed by atoms with Gasteiger partial charge in [0.15, 0.2) is 0 Å². The average Bonchev–Trinajstić information content (AvgIpc) is 2.84. The van der Waals surface area contributed by atoms with E-state index in [0.29, 0.717) is 6.42 Å². The molecule has 1 saturated heterocycles. The van der Waals surface area contributed by atoms with Crippen LogP contribution < -0.4 is 5.32 Å². The fourth-order valence-electron chi connectivity index (χ4n) is 2.60. The Morgan fingerprint density at radius 3 is 2.30 bits per heavy atom. The number of hydrogen-bond acceptors (Lipinski definition) is 2. The van der Waals surface area contributed by atoms with E-state index in [1.54, 1.807) is 0 Å². The van der Waals surface area contributed by atoms with E-state index in [-0.39, 0.29) is 18.5 Å². The van der Waals surface area contributed by atoms with Crippen molar-refractivity contribution < 1.29 is 9.59 Å². The van der Waals surface area contributed by atoms with Crippen LogP contribution in [0.15, 0.2) is 66.7 Å². The zero-order valence-electron chi connectivity index (χ0n) is 12.7. The minimum Gasteiger partial charge on any atom is -0.325 e. The van der Waals surface area contributed by atoms with E-state index < -0.39 is 6.04 Å². The highest BCUT2D eigenvalue weighted by Gasteiger charge is 2.36.